The van der Waals surface area contributed by atoms with E-state index in [9.17, 15) is 0 Å². The molecule has 0 aliphatic heterocycles. The first-order chi connectivity index (χ1) is 18.3. The van der Waals surface area contributed by atoms with Crippen LogP contribution in [0.4, 0.5) is 11.4 Å². The van der Waals surface area contributed by atoms with Crippen LogP contribution in [0.15, 0.2) is 24.3 Å². The van der Waals surface area contributed by atoms with Crippen molar-refractivity contribution in [3.05, 3.63) is 57.6 Å². The summed E-state index contributed by atoms with van der Waals surface area (Å²) in [5, 5.41) is 11.3. The van der Waals surface area contributed by atoms with Crippen molar-refractivity contribution >= 4 is 11.4 Å². The molecule has 0 bridgehead atoms. The maximum Gasteiger partial charge on any atom is 0.0410 e. The van der Waals surface area contributed by atoms with Crippen molar-refractivity contribution in [2.75, 3.05) is 36.8 Å². The molecule has 0 amide bonds. The first-order valence-electron chi connectivity index (χ1n) is 15.9. The van der Waals surface area contributed by atoms with Crippen LogP contribution in [-0.2, 0) is 0 Å². The molecule has 0 heterocycles. The Morgan fingerprint density at radius 2 is 0.692 bits per heavy atom. The van der Waals surface area contributed by atoms with E-state index in [0.717, 1.165) is 39.0 Å². The van der Waals surface area contributed by atoms with E-state index in [4.69, 9.17) is 0 Å². The zero-order valence-corrected chi connectivity index (χ0v) is 27.5. The molecule has 2 aromatic carbocycles. The molecule has 2 aromatic rings. The number of nitrogens with one attached hydrogen (secondary N) is 3. The highest BCUT2D eigenvalue weighted by molar-refractivity contribution is 5.63. The van der Waals surface area contributed by atoms with E-state index >= 15 is 0 Å². The van der Waals surface area contributed by atoms with E-state index in [1.165, 1.54) is 44.8 Å². The van der Waals surface area contributed by atoms with Crippen molar-refractivity contribution in [2.45, 2.75) is 131 Å². The molecule has 0 saturated heterocycles. The lowest BCUT2D eigenvalue weighted by Crippen LogP contribution is -2.22. The number of hydrogen-bond donors (Lipinski definition) is 3. The molecule has 0 atom stereocenters. The standard InChI is InChI=1S/C36H61N3/c1-23(2)29-19-31(25(5)6)35(32(20-29)26(7)8)38-17-13-15-37-16-14-18-39-36-33(27(9)10)21-30(24(3)4)22-34(36)28(11)12/h19-28,37-39H,13-18H2,1-12H3. The SMILES string of the molecule is CC(C)c1cc(C(C)C)c(NCCCNCCCNc2c(C(C)C)cc(C(C)C)cc2C(C)C)c(C(C)C)c1. The molecule has 2 rings (SSSR count). The Hall–Kier alpha value is -2.00. The van der Waals surface area contributed by atoms with Crippen molar-refractivity contribution in [1.29, 1.82) is 0 Å². The Labute approximate surface area is 242 Å². The van der Waals surface area contributed by atoms with Crippen LogP contribution in [0, 0.1) is 0 Å². The molecule has 0 radical (unpaired) electrons. The van der Waals surface area contributed by atoms with Crippen molar-refractivity contribution in [3.8, 4) is 0 Å². The van der Waals surface area contributed by atoms with Crippen LogP contribution >= 0.6 is 0 Å². The second-order valence-electron chi connectivity index (χ2n) is 13.4. The van der Waals surface area contributed by atoms with Crippen LogP contribution < -0.4 is 16.0 Å². The van der Waals surface area contributed by atoms with E-state index < -0.39 is 0 Å². The molecule has 220 valence electrons. The van der Waals surface area contributed by atoms with Gasteiger partial charge in [-0.3, -0.25) is 0 Å². The first-order valence-corrected chi connectivity index (χ1v) is 15.9. The number of hydrogen-bond acceptors (Lipinski definition) is 3. The molecule has 3 N–H and O–H groups in total. The molecule has 0 aromatic heterocycles. The fourth-order valence-electron chi connectivity index (χ4n) is 5.30. The van der Waals surface area contributed by atoms with Crippen molar-refractivity contribution in [1.82, 2.24) is 5.32 Å². The van der Waals surface area contributed by atoms with E-state index in [1.807, 2.05) is 0 Å². The number of anilines is 2. The second kappa shape index (κ2) is 15.7. The smallest absolute Gasteiger partial charge is 0.0410 e. The van der Waals surface area contributed by atoms with Gasteiger partial charge in [0, 0.05) is 24.5 Å². The summed E-state index contributed by atoms with van der Waals surface area (Å²) in [6.07, 6.45) is 2.25. The highest BCUT2D eigenvalue weighted by atomic mass is 14.9. The Bertz CT molecular complexity index is 874. The Morgan fingerprint density at radius 1 is 0.410 bits per heavy atom. The summed E-state index contributed by atoms with van der Waals surface area (Å²) in [5.41, 5.74) is 11.5. The molecule has 0 aliphatic carbocycles. The quantitative estimate of drug-likeness (QED) is 0.187. The predicted molar refractivity (Wildman–Crippen MR) is 177 cm³/mol. The van der Waals surface area contributed by atoms with E-state index in [1.54, 1.807) is 0 Å². The van der Waals surface area contributed by atoms with Gasteiger partial charge in [-0.1, -0.05) is 107 Å². The van der Waals surface area contributed by atoms with Crippen LogP contribution in [0.25, 0.3) is 0 Å². The lowest BCUT2D eigenvalue weighted by atomic mass is 9.87. The number of benzene rings is 2. The number of rotatable bonds is 16. The lowest BCUT2D eigenvalue weighted by molar-refractivity contribution is 0.641. The zero-order chi connectivity index (χ0) is 29.3. The fourth-order valence-corrected chi connectivity index (χ4v) is 5.30. The Morgan fingerprint density at radius 3 is 0.923 bits per heavy atom. The molecule has 0 unspecified atom stereocenters. The van der Waals surface area contributed by atoms with Gasteiger partial charge in [0.1, 0.15) is 0 Å². The second-order valence-corrected chi connectivity index (χ2v) is 13.4. The van der Waals surface area contributed by atoms with Crippen molar-refractivity contribution in [2.24, 2.45) is 0 Å². The first kappa shape index (κ1) is 33.2. The highest BCUT2D eigenvalue weighted by Crippen LogP contribution is 2.37. The van der Waals surface area contributed by atoms with Crippen LogP contribution in [0.1, 0.15) is 165 Å². The van der Waals surface area contributed by atoms with Gasteiger partial charge in [0.15, 0.2) is 0 Å². The minimum absolute atomic E-state index is 0.517. The third-order valence-corrected chi connectivity index (χ3v) is 7.93. The molecule has 0 fully saturated rings. The molecule has 0 spiro atoms. The zero-order valence-electron chi connectivity index (χ0n) is 27.5. The van der Waals surface area contributed by atoms with E-state index in [0.29, 0.717) is 35.5 Å². The van der Waals surface area contributed by atoms with Crippen LogP contribution in [0.3, 0.4) is 0 Å². The van der Waals surface area contributed by atoms with Gasteiger partial charge in [0.05, 0.1) is 0 Å². The van der Waals surface area contributed by atoms with Crippen molar-refractivity contribution in [3.63, 3.8) is 0 Å². The Balaban J connectivity index is 1.88. The minimum Gasteiger partial charge on any atom is -0.385 e. The summed E-state index contributed by atoms with van der Waals surface area (Å²) in [5.74, 6) is 3.18. The lowest BCUT2D eigenvalue weighted by Gasteiger charge is -2.24. The fraction of sp³-hybridized carbons (Fsp3) is 0.667. The maximum absolute atomic E-state index is 3.83. The Kier molecular flexibility index (Phi) is 13.4. The normalized spacial score (nSPS) is 12.2. The largest absolute Gasteiger partial charge is 0.385 e. The third-order valence-electron chi connectivity index (χ3n) is 7.93. The summed E-state index contributed by atoms with van der Waals surface area (Å²) in [4.78, 5) is 0. The average molecular weight is 536 g/mol. The van der Waals surface area contributed by atoms with E-state index in [-0.39, 0.29) is 0 Å². The minimum atomic E-state index is 0.517. The van der Waals surface area contributed by atoms with E-state index in [2.05, 4.69) is 123 Å². The monoisotopic (exact) mass is 535 g/mol. The summed E-state index contributed by atoms with van der Waals surface area (Å²) in [6.45, 7) is 31.8. The molecule has 3 nitrogen and oxygen atoms in total. The molecule has 3 heteroatoms. The topological polar surface area (TPSA) is 36.1 Å². The molecule has 0 saturated carbocycles. The average Bonchev–Trinajstić information content (AvgIpc) is 2.86. The van der Waals surface area contributed by atoms with Crippen LogP contribution in [-0.4, -0.2) is 26.2 Å². The molecule has 0 aliphatic rings. The van der Waals surface area contributed by atoms with Gasteiger partial charge < -0.3 is 16.0 Å². The molecule has 39 heavy (non-hydrogen) atoms. The van der Waals surface area contributed by atoms with Gasteiger partial charge in [-0.05, 0) is 94.8 Å². The van der Waals surface area contributed by atoms with Gasteiger partial charge >= 0.3 is 0 Å². The maximum atomic E-state index is 3.83. The summed E-state index contributed by atoms with van der Waals surface area (Å²) >= 11 is 0. The molecular formula is C36H61N3. The predicted octanol–water partition coefficient (Wildman–Crippen LogP) is 10.3. The molecular weight excluding hydrogens is 474 g/mol. The van der Waals surface area contributed by atoms with Crippen molar-refractivity contribution < 1.29 is 0 Å². The third kappa shape index (κ3) is 9.55. The summed E-state index contributed by atoms with van der Waals surface area (Å²) in [6, 6.07) is 9.72. The summed E-state index contributed by atoms with van der Waals surface area (Å²) in [7, 11) is 0. The van der Waals surface area contributed by atoms with Gasteiger partial charge in [0.25, 0.3) is 0 Å². The van der Waals surface area contributed by atoms with Gasteiger partial charge in [0.2, 0.25) is 0 Å². The van der Waals surface area contributed by atoms with Gasteiger partial charge in [-0.15, -0.1) is 0 Å². The van der Waals surface area contributed by atoms with Gasteiger partial charge in [-0.25, -0.2) is 0 Å². The highest BCUT2D eigenvalue weighted by Gasteiger charge is 2.18. The van der Waals surface area contributed by atoms with Gasteiger partial charge in [-0.2, -0.15) is 0 Å². The summed E-state index contributed by atoms with van der Waals surface area (Å²) < 4.78 is 0. The van der Waals surface area contributed by atoms with Crippen LogP contribution in [0.5, 0.6) is 0 Å². The van der Waals surface area contributed by atoms with Crippen LogP contribution in [0.2, 0.25) is 0 Å².